The Morgan fingerprint density at radius 1 is 1.21 bits per heavy atom. The molecule has 108 valence electrons. The maximum atomic E-state index is 3.58. The largest absolute Gasteiger partial charge is 0.369 e. The Kier molecular flexibility index (Phi) is 6.87. The molecule has 0 aliphatic rings. The molecular formula is C16H27BrN2. The van der Waals surface area contributed by atoms with Gasteiger partial charge in [-0.05, 0) is 57.0 Å². The molecule has 0 aliphatic carbocycles. The van der Waals surface area contributed by atoms with Gasteiger partial charge in [0.2, 0.25) is 0 Å². The number of rotatable bonds is 7. The average molecular weight is 327 g/mol. The Labute approximate surface area is 126 Å². The molecule has 0 fully saturated rings. The Morgan fingerprint density at radius 3 is 2.42 bits per heavy atom. The maximum Gasteiger partial charge on any atom is 0.0414 e. The molecule has 0 radical (unpaired) electrons. The van der Waals surface area contributed by atoms with Crippen molar-refractivity contribution in [1.82, 2.24) is 5.32 Å². The summed E-state index contributed by atoms with van der Waals surface area (Å²) in [6.45, 7) is 14.2. The van der Waals surface area contributed by atoms with E-state index >= 15 is 0 Å². The van der Waals surface area contributed by atoms with Gasteiger partial charge in [0, 0.05) is 29.3 Å². The van der Waals surface area contributed by atoms with Crippen LogP contribution in [-0.2, 0) is 6.54 Å². The van der Waals surface area contributed by atoms with E-state index in [1.54, 1.807) is 0 Å². The lowest BCUT2D eigenvalue weighted by atomic mass is 10.1. The van der Waals surface area contributed by atoms with Gasteiger partial charge in [-0.3, -0.25) is 0 Å². The van der Waals surface area contributed by atoms with E-state index in [0.29, 0.717) is 12.0 Å². The van der Waals surface area contributed by atoms with Crippen LogP contribution in [0.25, 0.3) is 0 Å². The lowest BCUT2D eigenvalue weighted by Crippen LogP contribution is -2.32. The van der Waals surface area contributed by atoms with Crippen molar-refractivity contribution in [2.75, 3.05) is 18.0 Å². The zero-order valence-electron chi connectivity index (χ0n) is 12.8. The molecule has 1 N–H and O–H groups in total. The highest BCUT2D eigenvalue weighted by Gasteiger charge is 2.13. The molecule has 0 saturated carbocycles. The molecule has 1 aromatic carbocycles. The number of nitrogens with one attached hydrogen (secondary N) is 1. The first kappa shape index (κ1) is 16.5. The number of benzene rings is 1. The lowest BCUT2D eigenvalue weighted by Gasteiger charge is -2.30. The molecule has 2 nitrogen and oxygen atoms in total. The molecule has 0 bridgehead atoms. The van der Waals surface area contributed by atoms with Gasteiger partial charge in [-0.1, -0.05) is 29.8 Å². The second-order valence-corrected chi connectivity index (χ2v) is 6.59. The number of anilines is 1. The number of nitrogens with zero attached hydrogens (tertiary/aromatic N) is 1. The van der Waals surface area contributed by atoms with E-state index in [9.17, 15) is 0 Å². The molecule has 19 heavy (non-hydrogen) atoms. The monoisotopic (exact) mass is 326 g/mol. The molecule has 0 atom stereocenters. The molecule has 0 aliphatic heterocycles. The molecule has 0 aromatic heterocycles. The van der Waals surface area contributed by atoms with Crippen LogP contribution in [0.2, 0.25) is 0 Å². The molecule has 3 heteroatoms. The standard InChI is InChI=1S/C16H27BrN2/c1-6-19(13(4)5)16-8-7-15(17)9-14(16)11-18-10-12(2)3/h7-9,12-13,18H,6,10-11H2,1-5H3. The summed E-state index contributed by atoms with van der Waals surface area (Å²) in [7, 11) is 0. The van der Waals surface area contributed by atoms with Gasteiger partial charge in [0.1, 0.15) is 0 Å². The Bertz CT molecular complexity index is 388. The fraction of sp³-hybridized carbons (Fsp3) is 0.625. The van der Waals surface area contributed by atoms with Crippen LogP contribution in [0, 0.1) is 5.92 Å². The summed E-state index contributed by atoms with van der Waals surface area (Å²) >= 11 is 3.58. The van der Waals surface area contributed by atoms with Crippen molar-refractivity contribution in [2.24, 2.45) is 5.92 Å². The minimum atomic E-state index is 0.523. The number of halogens is 1. The molecule has 1 rings (SSSR count). The van der Waals surface area contributed by atoms with E-state index in [2.05, 4.69) is 79.0 Å². The summed E-state index contributed by atoms with van der Waals surface area (Å²) in [6.07, 6.45) is 0. The highest BCUT2D eigenvalue weighted by molar-refractivity contribution is 9.10. The van der Waals surface area contributed by atoms with Gasteiger partial charge < -0.3 is 10.2 Å². The quantitative estimate of drug-likeness (QED) is 0.797. The van der Waals surface area contributed by atoms with Gasteiger partial charge in [0.15, 0.2) is 0 Å². The third-order valence-electron chi connectivity index (χ3n) is 3.18. The van der Waals surface area contributed by atoms with E-state index in [-0.39, 0.29) is 0 Å². The van der Waals surface area contributed by atoms with Crippen molar-refractivity contribution < 1.29 is 0 Å². The van der Waals surface area contributed by atoms with Gasteiger partial charge in [-0.2, -0.15) is 0 Å². The second-order valence-electron chi connectivity index (χ2n) is 5.68. The van der Waals surface area contributed by atoms with Gasteiger partial charge in [-0.15, -0.1) is 0 Å². The SMILES string of the molecule is CCN(c1ccc(Br)cc1CNCC(C)C)C(C)C. The van der Waals surface area contributed by atoms with E-state index < -0.39 is 0 Å². The van der Waals surface area contributed by atoms with Gasteiger partial charge in [-0.25, -0.2) is 0 Å². The molecule has 0 saturated heterocycles. The summed E-state index contributed by atoms with van der Waals surface area (Å²) in [5.74, 6) is 0.683. The van der Waals surface area contributed by atoms with Crippen LogP contribution < -0.4 is 10.2 Å². The van der Waals surface area contributed by atoms with Crippen LogP contribution in [0.1, 0.15) is 40.2 Å². The summed E-state index contributed by atoms with van der Waals surface area (Å²) < 4.78 is 1.15. The normalized spacial score (nSPS) is 11.4. The summed E-state index contributed by atoms with van der Waals surface area (Å²) in [4.78, 5) is 2.44. The van der Waals surface area contributed by atoms with E-state index in [4.69, 9.17) is 0 Å². The van der Waals surface area contributed by atoms with Crippen molar-refractivity contribution in [2.45, 2.75) is 47.2 Å². The molecule has 1 aromatic rings. The summed E-state index contributed by atoms with van der Waals surface area (Å²) in [5, 5.41) is 3.54. The molecule has 0 spiro atoms. The van der Waals surface area contributed by atoms with Gasteiger partial charge >= 0.3 is 0 Å². The minimum Gasteiger partial charge on any atom is -0.369 e. The van der Waals surface area contributed by atoms with Gasteiger partial charge in [0.25, 0.3) is 0 Å². The summed E-state index contributed by atoms with van der Waals surface area (Å²) in [6, 6.07) is 7.11. The number of hydrogen-bond donors (Lipinski definition) is 1. The minimum absolute atomic E-state index is 0.523. The highest BCUT2D eigenvalue weighted by atomic mass is 79.9. The van der Waals surface area contributed by atoms with Crippen LogP contribution >= 0.6 is 15.9 Å². The van der Waals surface area contributed by atoms with E-state index in [1.807, 2.05) is 0 Å². The van der Waals surface area contributed by atoms with Crippen LogP contribution in [0.4, 0.5) is 5.69 Å². The first-order chi connectivity index (χ1) is 8.95. The second kappa shape index (κ2) is 7.91. The van der Waals surface area contributed by atoms with Crippen LogP contribution in [0.5, 0.6) is 0 Å². The fourth-order valence-electron chi connectivity index (χ4n) is 2.29. The first-order valence-electron chi connectivity index (χ1n) is 7.21. The molecule has 0 amide bonds. The van der Waals surface area contributed by atoms with E-state index in [0.717, 1.165) is 24.1 Å². The van der Waals surface area contributed by atoms with Crippen molar-refractivity contribution >= 4 is 21.6 Å². The topological polar surface area (TPSA) is 15.3 Å². The molecular weight excluding hydrogens is 300 g/mol. The summed E-state index contributed by atoms with van der Waals surface area (Å²) in [5.41, 5.74) is 2.71. The highest BCUT2D eigenvalue weighted by Crippen LogP contribution is 2.26. The first-order valence-corrected chi connectivity index (χ1v) is 8.00. The molecule has 0 unspecified atom stereocenters. The van der Waals surface area contributed by atoms with Crippen molar-refractivity contribution in [3.63, 3.8) is 0 Å². The van der Waals surface area contributed by atoms with Crippen LogP contribution in [-0.4, -0.2) is 19.1 Å². The van der Waals surface area contributed by atoms with Crippen LogP contribution in [0.3, 0.4) is 0 Å². The van der Waals surface area contributed by atoms with Crippen molar-refractivity contribution in [3.8, 4) is 0 Å². The Morgan fingerprint density at radius 2 is 1.89 bits per heavy atom. The fourth-order valence-corrected chi connectivity index (χ4v) is 2.69. The maximum absolute atomic E-state index is 3.58. The third-order valence-corrected chi connectivity index (χ3v) is 3.68. The lowest BCUT2D eigenvalue weighted by molar-refractivity contribution is 0.551. The smallest absolute Gasteiger partial charge is 0.0414 e. The average Bonchev–Trinajstić information content (AvgIpc) is 2.31. The number of hydrogen-bond acceptors (Lipinski definition) is 2. The third kappa shape index (κ3) is 5.15. The predicted molar refractivity (Wildman–Crippen MR) is 88.8 cm³/mol. The molecule has 0 heterocycles. The van der Waals surface area contributed by atoms with Crippen LogP contribution in [0.15, 0.2) is 22.7 Å². The van der Waals surface area contributed by atoms with Crippen molar-refractivity contribution in [3.05, 3.63) is 28.2 Å². The Balaban J connectivity index is 2.90. The van der Waals surface area contributed by atoms with Crippen molar-refractivity contribution in [1.29, 1.82) is 0 Å². The predicted octanol–water partition coefficient (Wildman–Crippen LogP) is 4.43. The van der Waals surface area contributed by atoms with Gasteiger partial charge in [0.05, 0.1) is 0 Å². The Hall–Kier alpha value is -0.540. The zero-order valence-corrected chi connectivity index (χ0v) is 14.4. The van der Waals surface area contributed by atoms with E-state index in [1.165, 1.54) is 11.3 Å². The zero-order chi connectivity index (χ0) is 14.4.